The van der Waals surface area contributed by atoms with Crippen molar-refractivity contribution >= 4 is 5.78 Å². The van der Waals surface area contributed by atoms with E-state index in [1.165, 1.54) is 12.1 Å². The molecule has 0 unspecified atom stereocenters. The molecule has 3 heteroatoms. The van der Waals surface area contributed by atoms with Gasteiger partial charge in [-0.3, -0.25) is 4.79 Å². The van der Waals surface area contributed by atoms with Gasteiger partial charge in [0.15, 0.2) is 0 Å². The highest BCUT2D eigenvalue weighted by Gasteiger charge is 2.41. The Balaban J connectivity index is 2.68. The van der Waals surface area contributed by atoms with Crippen molar-refractivity contribution in [3.8, 4) is 0 Å². The van der Waals surface area contributed by atoms with Crippen LogP contribution >= 0.6 is 0 Å². The van der Waals surface area contributed by atoms with Gasteiger partial charge in [0.1, 0.15) is 11.6 Å². The van der Waals surface area contributed by atoms with Crippen LogP contribution in [0.4, 0.5) is 4.39 Å². The summed E-state index contributed by atoms with van der Waals surface area (Å²) in [5.74, 6) is -0.126. The number of hydrogen-bond donors (Lipinski definition) is 0. The fourth-order valence-electron chi connectivity index (χ4n) is 3.22. The van der Waals surface area contributed by atoms with Crippen molar-refractivity contribution in [3.05, 3.63) is 71.5 Å². The largest absolute Gasteiger partial charge is 0.307 e. The topological polar surface area (TPSA) is 20.3 Å². The average molecular weight is 327 g/mol. The zero-order chi connectivity index (χ0) is 17.7. The summed E-state index contributed by atoms with van der Waals surface area (Å²) in [6.07, 6.45) is 1.09. The fourth-order valence-corrected chi connectivity index (χ4v) is 3.22. The van der Waals surface area contributed by atoms with Crippen LogP contribution in [0.5, 0.6) is 0 Å². The van der Waals surface area contributed by atoms with Gasteiger partial charge in [-0.15, -0.1) is 0 Å². The Bertz CT molecular complexity index is 666. The molecule has 2 aromatic carbocycles. The van der Waals surface area contributed by atoms with Crippen molar-refractivity contribution in [2.45, 2.75) is 38.1 Å². The maximum absolute atomic E-state index is 13.5. The molecule has 0 bridgehead atoms. The summed E-state index contributed by atoms with van der Waals surface area (Å²) < 4.78 is 13.5. The Labute approximate surface area is 144 Å². The van der Waals surface area contributed by atoms with Crippen molar-refractivity contribution in [2.75, 3.05) is 14.1 Å². The second-order valence-corrected chi connectivity index (χ2v) is 6.57. The Morgan fingerprint density at radius 1 is 1.04 bits per heavy atom. The minimum Gasteiger partial charge on any atom is -0.307 e. The number of ketones is 1. The maximum atomic E-state index is 13.5. The molecule has 0 radical (unpaired) electrons. The second-order valence-electron chi connectivity index (χ2n) is 6.57. The first-order valence-corrected chi connectivity index (χ1v) is 8.43. The standard InChI is InChI=1S/C21H26FNO/c1-5-20(24)21(15-16(2)23(3)4,17-9-7-6-8-10-17)18-11-13-19(22)14-12-18/h6-14,16H,5,15H2,1-4H3/t16-,21-/m0/s1. The monoisotopic (exact) mass is 327 g/mol. The summed E-state index contributed by atoms with van der Waals surface area (Å²) in [4.78, 5) is 15.3. The highest BCUT2D eigenvalue weighted by Crippen LogP contribution is 2.39. The van der Waals surface area contributed by atoms with E-state index in [0.29, 0.717) is 12.8 Å². The molecule has 0 spiro atoms. The molecule has 24 heavy (non-hydrogen) atoms. The molecule has 0 fully saturated rings. The van der Waals surface area contributed by atoms with Crippen molar-refractivity contribution in [3.63, 3.8) is 0 Å². The van der Waals surface area contributed by atoms with Crippen molar-refractivity contribution in [1.29, 1.82) is 0 Å². The van der Waals surface area contributed by atoms with Gasteiger partial charge in [-0.05, 0) is 50.7 Å². The van der Waals surface area contributed by atoms with E-state index in [0.717, 1.165) is 11.1 Å². The smallest absolute Gasteiger partial charge is 0.147 e. The minimum atomic E-state index is -0.757. The van der Waals surface area contributed by atoms with Crippen LogP contribution in [-0.4, -0.2) is 30.8 Å². The quantitative estimate of drug-likeness (QED) is 0.750. The molecule has 0 N–H and O–H groups in total. The predicted molar refractivity (Wildman–Crippen MR) is 96.7 cm³/mol. The lowest BCUT2D eigenvalue weighted by Gasteiger charge is -2.37. The average Bonchev–Trinajstić information content (AvgIpc) is 2.60. The van der Waals surface area contributed by atoms with Crippen molar-refractivity contribution < 1.29 is 9.18 Å². The molecule has 2 rings (SSSR count). The molecule has 0 heterocycles. The molecule has 0 aliphatic rings. The lowest BCUT2D eigenvalue weighted by molar-refractivity contribution is -0.123. The van der Waals surface area contributed by atoms with Crippen molar-refractivity contribution in [2.24, 2.45) is 0 Å². The molecule has 0 amide bonds. The molecule has 0 saturated carbocycles. The lowest BCUT2D eigenvalue weighted by Crippen LogP contribution is -2.43. The van der Waals surface area contributed by atoms with E-state index in [4.69, 9.17) is 0 Å². The van der Waals surface area contributed by atoms with Crippen LogP contribution in [0.1, 0.15) is 37.8 Å². The highest BCUT2D eigenvalue weighted by molar-refractivity contribution is 5.93. The minimum absolute atomic E-state index is 0.161. The Morgan fingerprint density at radius 2 is 1.58 bits per heavy atom. The summed E-state index contributed by atoms with van der Waals surface area (Å²) in [5.41, 5.74) is 1.07. The number of benzene rings is 2. The van der Waals surface area contributed by atoms with Crippen LogP contribution in [0.2, 0.25) is 0 Å². The normalized spacial score (nSPS) is 15.1. The third-order valence-corrected chi connectivity index (χ3v) is 4.88. The first-order chi connectivity index (χ1) is 11.4. The Morgan fingerprint density at radius 3 is 2.08 bits per heavy atom. The van der Waals surface area contributed by atoms with E-state index in [9.17, 15) is 9.18 Å². The first kappa shape index (κ1) is 18.3. The zero-order valence-corrected chi connectivity index (χ0v) is 14.9. The highest BCUT2D eigenvalue weighted by atomic mass is 19.1. The molecule has 128 valence electrons. The van der Waals surface area contributed by atoms with Crippen LogP contribution in [0.25, 0.3) is 0 Å². The zero-order valence-electron chi connectivity index (χ0n) is 14.9. The predicted octanol–water partition coefficient (Wildman–Crippen LogP) is 4.43. The molecule has 0 saturated heterocycles. The summed E-state index contributed by atoms with van der Waals surface area (Å²) in [5, 5.41) is 0. The molecule has 0 aliphatic heterocycles. The molecular weight excluding hydrogens is 301 g/mol. The third-order valence-electron chi connectivity index (χ3n) is 4.88. The van der Waals surface area contributed by atoms with Crippen LogP contribution in [0.3, 0.4) is 0 Å². The Kier molecular flexibility index (Phi) is 5.89. The number of Topliss-reactive ketones (excluding diaryl/α,β-unsaturated/α-hetero) is 1. The number of nitrogens with zero attached hydrogens (tertiary/aromatic N) is 1. The number of rotatable bonds is 7. The van der Waals surface area contributed by atoms with Crippen LogP contribution in [0, 0.1) is 5.82 Å². The lowest BCUT2D eigenvalue weighted by atomic mass is 9.67. The molecule has 2 nitrogen and oxygen atoms in total. The van der Waals surface area contributed by atoms with Crippen molar-refractivity contribution in [1.82, 2.24) is 4.90 Å². The van der Waals surface area contributed by atoms with E-state index in [1.54, 1.807) is 12.1 Å². The van der Waals surface area contributed by atoms with Gasteiger partial charge >= 0.3 is 0 Å². The van der Waals surface area contributed by atoms with Gasteiger partial charge in [-0.1, -0.05) is 49.4 Å². The van der Waals surface area contributed by atoms with E-state index in [2.05, 4.69) is 11.8 Å². The van der Waals surface area contributed by atoms with Crippen LogP contribution < -0.4 is 0 Å². The van der Waals surface area contributed by atoms with Crippen LogP contribution in [-0.2, 0) is 10.2 Å². The van der Waals surface area contributed by atoms with Gasteiger partial charge in [0.2, 0.25) is 0 Å². The molecular formula is C21H26FNO. The summed E-state index contributed by atoms with van der Waals surface area (Å²) in [6.45, 7) is 4.01. The fraction of sp³-hybridized carbons (Fsp3) is 0.381. The Hall–Kier alpha value is -2.00. The number of halogens is 1. The number of carbonyl (C=O) groups is 1. The van der Waals surface area contributed by atoms with E-state index < -0.39 is 5.41 Å². The number of carbonyl (C=O) groups excluding carboxylic acids is 1. The summed E-state index contributed by atoms with van der Waals surface area (Å²) in [7, 11) is 4.03. The molecule has 0 aromatic heterocycles. The summed E-state index contributed by atoms with van der Waals surface area (Å²) in [6, 6.07) is 16.4. The molecule has 2 aromatic rings. The first-order valence-electron chi connectivity index (χ1n) is 8.43. The van der Waals surface area contributed by atoms with Gasteiger partial charge in [-0.25, -0.2) is 4.39 Å². The van der Waals surface area contributed by atoms with Gasteiger partial charge in [0.25, 0.3) is 0 Å². The second kappa shape index (κ2) is 7.71. The maximum Gasteiger partial charge on any atom is 0.147 e. The van der Waals surface area contributed by atoms with Crippen LogP contribution in [0.15, 0.2) is 54.6 Å². The van der Waals surface area contributed by atoms with E-state index in [1.807, 2.05) is 51.4 Å². The van der Waals surface area contributed by atoms with Gasteiger partial charge < -0.3 is 4.90 Å². The molecule has 2 atom stereocenters. The summed E-state index contributed by atoms with van der Waals surface area (Å²) >= 11 is 0. The van der Waals surface area contributed by atoms with E-state index >= 15 is 0 Å². The molecule has 0 aliphatic carbocycles. The van der Waals surface area contributed by atoms with Gasteiger partial charge in [0.05, 0.1) is 5.41 Å². The van der Waals surface area contributed by atoms with E-state index in [-0.39, 0.29) is 17.6 Å². The third kappa shape index (κ3) is 3.57. The SMILES string of the molecule is CCC(=O)[C@@](C[C@H](C)N(C)C)(c1ccccc1)c1ccc(F)cc1. The van der Waals surface area contributed by atoms with Gasteiger partial charge in [-0.2, -0.15) is 0 Å². The van der Waals surface area contributed by atoms with Gasteiger partial charge in [0, 0.05) is 12.5 Å². The number of hydrogen-bond acceptors (Lipinski definition) is 2.